The van der Waals surface area contributed by atoms with Crippen LogP contribution >= 0.6 is 0 Å². The van der Waals surface area contributed by atoms with Crippen LogP contribution in [0, 0.1) is 0 Å². The summed E-state index contributed by atoms with van der Waals surface area (Å²) in [5, 5.41) is 4.59. The van der Waals surface area contributed by atoms with Gasteiger partial charge in [0.2, 0.25) is 8.32 Å². The number of rotatable bonds is 8. The SMILES string of the molecule is CC(C)(C)OC(=O)[C@@H](CCc1ccc(O[Si](C)(C)C(C)(C)C)cc1)Nc1cccc2cccnc12. The lowest BCUT2D eigenvalue weighted by molar-refractivity contribution is -0.155. The molecule has 0 fully saturated rings. The maximum absolute atomic E-state index is 13.1. The van der Waals surface area contributed by atoms with Crippen LogP contribution in [0.4, 0.5) is 5.69 Å². The van der Waals surface area contributed by atoms with Gasteiger partial charge >= 0.3 is 5.97 Å². The van der Waals surface area contributed by atoms with Crippen molar-refractivity contribution in [2.75, 3.05) is 5.32 Å². The molecule has 0 amide bonds. The highest BCUT2D eigenvalue weighted by Gasteiger charge is 2.38. The molecule has 0 aliphatic heterocycles. The number of para-hydroxylation sites is 1. The average Bonchev–Trinajstić information content (AvgIpc) is 2.75. The lowest BCUT2D eigenvalue weighted by Gasteiger charge is -2.36. The quantitative estimate of drug-likeness (QED) is 0.263. The normalized spacial score (nSPS) is 13.4. The Kier molecular flexibility index (Phi) is 7.95. The van der Waals surface area contributed by atoms with Crippen LogP contribution in [0.5, 0.6) is 5.75 Å². The van der Waals surface area contributed by atoms with E-state index < -0.39 is 20.0 Å². The number of hydrogen-bond acceptors (Lipinski definition) is 5. The van der Waals surface area contributed by atoms with Gasteiger partial charge in [0.1, 0.15) is 17.4 Å². The summed E-state index contributed by atoms with van der Waals surface area (Å²) < 4.78 is 12.1. The van der Waals surface area contributed by atoms with E-state index in [9.17, 15) is 4.79 Å². The number of nitrogens with zero attached hydrogens (tertiary/aromatic N) is 1. The Hall–Kier alpha value is -2.86. The molecular weight excluding hydrogens is 452 g/mol. The van der Waals surface area contributed by atoms with Crippen molar-refractivity contribution in [1.82, 2.24) is 4.98 Å². The van der Waals surface area contributed by atoms with Crippen LogP contribution in [0.25, 0.3) is 10.9 Å². The molecule has 1 heterocycles. The molecular formula is C29H40N2O3Si. The van der Waals surface area contributed by atoms with E-state index >= 15 is 0 Å². The van der Waals surface area contributed by atoms with E-state index in [4.69, 9.17) is 9.16 Å². The molecule has 0 aliphatic rings. The van der Waals surface area contributed by atoms with Gasteiger partial charge in [-0.3, -0.25) is 4.98 Å². The lowest BCUT2D eigenvalue weighted by Crippen LogP contribution is -2.43. The monoisotopic (exact) mass is 492 g/mol. The largest absolute Gasteiger partial charge is 0.544 e. The van der Waals surface area contributed by atoms with E-state index in [0.717, 1.165) is 34.3 Å². The Labute approximate surface area is 211 Å². The molecule has 1 aromatic heterocycles. The third kappa shape index (κ3) is 7.31. The average molecular weight is 493 g/mol. The highest BCUT2D eigenvalue weighted by molar-refractivity contribution is 6.74. The number of esters is 1. The number of nitrogens with one attached hydrogen (secondary N) is 1. The minimum atomic E-state index is -1.88. The van der Waals surface area contributed by atoms with E-state index in [-0.39, 0.29) is 11.0 Å². The van der Waals surface area contributed by atoms with Gasteiger partial charge in [-0.1, -0.05) is 51.1 Å². The van der Waals surface area contributed by atoms with Gasteiger partial charge in [0, 0.05) is 11.6 Å². The lowest BCUT2D eigenvalue weighted by atomic mass is 10.0. The fraction of sp³-hybridized carbons (Fsp3) is 0.448. The van der Waals surface area contributed by atoms with E-state index in [2.05, 4.69) is 56.3 Å². The van der Waals surface area contributed by atoms with Crippen molar-refractivity contribution in [3.63, 3.8) is 0 Å². The van der Waals surface area contributed by atoms with Crippen LogP contribution in [-0.2, 0) is 16.0 Å². The van der Waals surface area contributed by atoms with Crippen LogP contribution in [0.15, 0.2) is 60.8 Å². The Morgan fingerprint density at radius 3 is 2.26 bits per heavy atom. The Morgan fingerprint density at radius 1 is 0.971 bits per heavy atom. The second-order valence-electron chi connectivity index (χ2n) is 11.7. The van der Waals surface area contributed by atoms with Crippen molar-refractivity contribution in [3.8, 4) is 5.75 Å². The Morgan fingerprint density at radius 2 is 1.63 bits per heavy atom. The number of benzene rings is 2. The minimum Gasteiger partial charge on any atom is -0.544 e. The molecule has 6 heteroatoms. The topological polar surface area (TPSA) is 60.5 Å². The first-order valence-electron chi connectivity index (χ1n) is 12.4. The molecule has 0 saturated heterocycles. The third-order valence-corrected chi connectivity index (χ3v) is 10.8. The number of aromatic nitrogens is 1. The Bertz CT molecular complexity index is 1140. The van der Waals surface area contributed by atoms with Crippen LogP contribution < -0.4 is 9.74 Å². The predicted molar refractivity (Wildman–Crippen MR) is 148 cm³/mol. The first kappa shape index (κ1) is 26.7. The highest BCUT2D eigenvalue weighted by Crippen LogP contribution is 2.37. The van der Waals surface area contributed by atoms with Crippen molar-refractivity contribution >= 4 is 30.9 Å². The van der Waals surface area contributed by atoms with Crippen LogP contribution in [0.3, 0.4) is 0 Å². The van der Waals surface area contributed by atoms with E-state index in [1.165, 1.54) is 0 Å². The number of fused-ring (bicyclic) bond motifs is 1. The molecule has 3 rings (SSSR count). The van der Waals surface area contributed by atoms with E-state index in [1.807, 2.05) is 63.2 Å². The minimum absolute atomic E-state index is 0.147. The number of aryl methyl sites for hydroxylation is 1. The van der Waals surface area contributed by atoms with Crippen molar-refractivity contribution in [1.29, 1.82) is 0 Å². The molecule has 0 saturated carbocycles. The molecule has 188 valence electrons. The van der Waals surface area contributed by atoms with E-state index in [1.54, 1.807) is 6.20 Å². The molecule has 1 atom stereocenters. The summed E-state index contributed by atoms with van der Waals surface area (Å²) in [6, 6.07) is 17.6. The first-order valence-corrected chi connectivity index (χ1v) is 15.3. The summed E-state index contributed by atoms with van der Waals surface area (Å²) >= 11 is 0. The van der Waals surface area contributed by atoms with Gasteiger partial charge in [-0.15, -0.1) is 0 Å². The highest BCUT2D eigenvalue weighted by atomic mass is 28.4. The molecule has 2 aromatic carbocycles. The molecule has 3 aromatic rings. The fourth-order valence-electron chi connectivity index (χ4n) is 3.51. The van der Waals surface area contributed by atoms with Crippen molar-refractivity contribution in [2.24, 2.45) is 0 Å². The van der Waals surface area contributed by atoms with Crippen molar-refractivity contribution < 1.29 is 14.0 Å². The van der Waals surface area contributed by atoms with Gasteiger partial charge in [-0.2, -0.15) is 0 Å². The number of hydrogen-bond donors (Lipinski definition) is 1. The van der Waals surface area contributed by atoms with Crippen LogP contribution in [0.2, 0.25) is 18.1 Å². The second kappa shape index (κ2) is 10.4. The first-order chi connectivity index (χ1) is 16.2. The zero-order chi connectivity index (χ0) is 25.9. The maximum Gasteiger partial charge on any atom is 0.329 e. The van der Waals surface area contributed by atoms with Crippen molar-refractivity contribution in [3.05, 3.63) is 66.4 Å². The van der Waals surface area contributed by atoms with Gasteiger partial charge in [-0.25, -0.2) is 4.79 Å². The molecule has 0 unspecified atom stereocenters. The molecule has 0 bridgehead atoms. The van der Waals surface area contributed by atoms with E-state index in [0.29, 0.717) is 6.42 Å². The zero-order valence-electron chi connectivity index (χ0n) is 22.4. The summed E-state index contributed by atoms with van der Waals surface area (Å²) in [5.74, 6) is 0.646. The van der Waals surface area contributed by atoms with Crippen LogP contribution in [-0.4, -0.2) is 30.9 Å². The summed E-state index contributed by atoms with van der Waals surface area (Å²) in [4.78, 5) is 17.6. The van der Waals surface area contributed by atoms with Gasteiger partial charge in [-0.05, 0) is 81.6 Å². The molecule has 0 spiro atoms. The molecule has 35 heavy (non-hydrogen) atoms. The second-order valence-corrected chi connectivity index (χ2v) is 16.4. The zero-order valence-corrected chi connectivity index (χ0v) is 23.4. The van der Waals surface area contributed by atoms with Gasteiger partial charge in [0.15, 0.2) is 0 Å². The van der Waals surface area contributed by atoms with Crippen molar-refractivity contribution in [2.45, 2.75) is 84.2 Å². The summed E-state index contributed by atoms with van der Waals surface area (Å²) in [6.45, 7) is 16.9. The number of anilines is 1. The maximum atomic E-state index is 13.1. The summed E-state index contributed by atoms with van der Waals surface area (Å²) in [5.41, 5.74) is 2.27. The number of ether oxygens (including phenoxy) is 1. The molecule has 1 N–H and O–H groups in total. The summed E-state index contributed by atoms with van der Waals surface area (Å²) in [6.07, 6.45) is 3.10. The van der Waals surface area contributed by atoms with Gasteiger partial charge in [0.25, 0.3) is 0 Å². The smallest absolute Gasteiger partial charge is 0.329 e. The standard InChI is InChI=1S/C29H40N2O3Si/c1-28(2,3)33-27(32)25(31-24-13-9-11-22-12-10-20-30-26(22)24)19-16-21-14-17-23(18-15-21)34-35(7,8)29(4,5)6/h9-15,17-18,20,25,31H,16,19H2,1-8H3/t25-/m1/s1. The third-order valence-electron chi connectivity index (χ3n) is 6.48. The molecule has 5 nitrogen and oxygen atoms in total. The number of carbonyl (C=O) groups excluding carboxylic acids is 1. The summed E-state index contributed by atoms with van der Waals surface area (Å²) in [7, 11) is -1.88. The fourth-order valence-corrected chi connectivity index (χ4v) is 4.54. The number of carbonyl (C=O) groups is 1. The Balaban J connectivity index is 1.75. The molecule has 0 radical (unpaired) electrons. The number of pyridine rings is 1. The van der Waals surface area contributed by atoms with Gasteiger partial charge < -0.3 is 14.5 Å². The van der Waals surface area contributed by atoms with Gasteiger partial charge in [0.05, 0.1) is 11.2 Å². The molecule has 0 aliphatic carbocycles. The van der Waals surface area contributed by atoms with Crippen LogP contribution in [0.1, 0.15) is 53.5 Å². The predicted octanol–water partition coefficient (Wildman–Crippen LogP) is 7.37.